The standard InChI is InChI=1S/C19H28BNO3/c1-17(2)18(3,4)24-20(23-17)15-5-7-16(8-6-15)21-13-19(14-21)9-11-22-12-10-19/h5-8H,9-14H2,1-4H3. The molecule has 0 atom stereocenters. The van der Waals surface area contributed by atoms with E-state index in [2.05, 4.69) is 56.9 Å². The van der Waals surface area contributed by atoms with E-state index >= 15 is 0 Å². The van der Waals surface area contributed by atoms with Gasteiger partial charge in [0.25, 0.3) is 0 Å². The summed E-state index contributed by atoms with van der Waals surface area (Å²) in [5, 5.41) is 0. The smallest absolute Gasteiger partial charge is 0.399 e. The van der Waals surface area contributed by atoms with Crippen molar-refractivity contribution in [3.8, 4) is 0 Å². The van der Waals surface area contributed by atoms with Gasteiger partial charge in [-0.25, -0.2) is 0 Å². The van der Waals surface area contributed by atoms with Crippen LogP contribution in [0, 0.1) is 5.41 Å². The quantitative estimate of drug-likeness (QED) is 0.781. The van der Waals surface area contributed by atoms with E-state index in [1.807, 2.05) is 0 Å². The summed E-state index contributed by atoms with van der Waals surface area (Å²) in [4.78, 5) is 2.47. The molecule has 3 aliphatic rings. The topological polar surface area (TPSA) is 30.9 Å². The first kappa shape index (κ1) is 16.4. The molecule has 130 valence electrons. The first-order valence-corrected chi connectivity index (χ1v) is 9.09. The molecule has 0 aromatic heterocycles. The summed E-state index contributed by atoms with van der Waals surface area (Å²) in [7, 11) is -0.276. The Kier molecular flexibility index (Phi) is 3.75. The van der Waals surface area contributed by atoms with Crippen LogP contribution in [0.5, 0.6) is 0 Å². The van der Waals surface area contributed by atoms with Crippen LogP contribution in [0.25, 0.3) is 0 Å². The Labute approximate surface area is 145 Å². The lowest BCUT2D eigenvalue weighted by Crippen LogP contribution is -2.58. The minimum absolute atomic E-state index is 0.276. The average Bonchev–Trinajstić information content (AvgIpc) is 2.74. The first-order valence-electron chi connectivity index (χ1n) is 9.09. The summed E-state index contributed by atoms with van der Waals surface area (Å²) in [5.74, 6) is 0. The highest BCUT2D eigenvalue weighted by molar-refractivity contribution is 6.62. The van der Waals surface area contributed by atoms with E-state index in [1.54, 1.807) is 0 Å². The van der Waals surface area contributed by atoms with E-state index in [1.165, 1.54) is 18.5 Å². The van der Waals surface area contributed by atoms with Gasteiger partial charge >= 0.3 is 7.12 Å². The molecule has 0 bridgehead atoms. The van der Waals surface area contributed by atoms with E-state index in [0.29, 0.717) is 5.41 Å². The molecule has 1 spiro atoms. The van der Waals surface area contributed by atoms with E-state index in [0.717, 1.165) is 31.8 Å². The summed E-state index contributed by atoms with van der Waals surface area (Å²) in [6.45, 7) is 12.5. The zero-order chi connectivity index (χ0) is 17.0. The third kappa shape index (κ3) is 2.67. The maximum absolute atomic E-state index is 6.13. The highest BCUT2D eigenvalue weighted by Gasteiger charge is 2.51. The van der Waals surface area contributed by atoms with Crippen LogP contribution in [0.2, 0.25) is 0 Å². The van der Waals surface area contributed by atoms with Crippen LogP contribution >= 0.6 is 0 Å². The van der Waals surface area contributed by atoms with Gasteiger partial charge in [-0.15, -0.1) is 0 Å². The summed E-state index contributed by atoms with van der Waals surface area (Å²) in [6, 6.07) is 8.69. The van der Waals surface area contributed by atoms with Gasteiger partial charge in [0, 0.05) is 37.4 Å². The number of anilines is 1. The van der Waals surface area contributed by atoms with E-state index < -0.39 is 0 Å². The van der Waals surface area contributed by atoms with Gasteiger partial charge in [-0.05, 0) is 58.1 Å². The Balaban J connectivity index is 1.41. The predicted octanol–water partition coefficient (Wildman–Crippen LogP) is 2.60. The van der Waals surface area contributed by atoms with Crippen LogP contribution in [0.4, 0.5) is 5.69 Å². The van der Waals surface area contributed by atoms with Crippen LogP contribution in [-0.2, 0) is 14.0 Å². The van der Waals surface area contributed by atoms with Gasteiger partial charge in [0.1, 0.15) is 0 Å². The van der Waals surface area contributed by atoms with Crippen molar-refractivity contribution in [1.82, 2.24) is 0 Å². The normalized spacial score (nSPS) is 27.3. The Morgan fingerprint density at radius 2 is 1.42 bits per heavy atom. The monoisotopic (exact) mass is 329 g/mol. The highest BCUT2D eigenvalue weighted by atomic mass is 16.7. The van der Waals surface area contributed by atoms with Crippen LogP contribution in [0.15, 0.2) is 24.3 Å². The SMILES string of the molecule is CC1(C)OB(c2ccc(N3CC4(CCOCC4)C3)cc2)OC1(C)C. The van der Waals surface area contributed by atoms with E-state index in [-0.39, 0.29) is 18.3 Å². The van der Waals surface area contributed by atoms with E-state index in [4.69, 9.17) is 14.0 Å². The summed E-state index contributed by atoms with van der Waals surface area (Å²) >= 11 is 0. The zero-order valence-corrected chi connectivity index (χ0v) is 15.3. The fraction of sp³-hybridized carbons (Fsp3) is 0.684. The number of hydrogen-bond donors (Lipinski definition) is 0. The summed E-state index contributed by atoms with van der Waals surface area (Å²) < 4.78 is 17.8. The van der Waals surface area contributed by atoms with Crippen molar-refractivity contribution < 1.29 is 14.0 Å². The molecule has 0 amide bonds. The molecule has 0 radical (unpaired) electrons. The average molecular weight is 329 g/mol. The number of hydrogen-bond acceptors (Lipinski definition) is 4. The van der Waals surface area contributed by atoms with Gasteiger partial charge in [0.05, 0.1) is 11.2 Å². The lowest BCUT2D eigenvalue weighted by atomic mass is 9.73. The molecule has 3 fully saturated rings. The minimum atomic E-state index is -0.288. The maximum Gasteiger partial charge on any atom is 0.494 e. The van der Waals surface area contributed by atoms with Crippen molar-refractivity contribution in [1.29, 1.82) is 0 Å². The Hall–Kier alpha value is -1.04. The Bertz CT molecular complexity index is 584. The molecule has 0 saturated carbocycles. The van der Waals surface area contributed by atoms with Gasteiger partial charge < -0.3 is 18.9 Å². The molecule has 1 aromatic carbocycles. The van der Waals surface area contributed by atoms with Gasteiger partial charge in [0.2, 0.25) is 0 Å². The largest absolute Gasteiger partial charge is 0.494 e. The molecular formula is C19H28BNO3. The van der Waals surface area contributed by atoms with Crippen LogP contribution < -0.4 is 10.4 Å². The van der Waals surface area contributed by atoms with Gasteiger partial charge in [-0.2, -0.15) is 0 Å². The van der Waals surface area contributed by atoms with Crippen LogP contribution in [-0.4, -0.2) is 44.6 Å². The van der Waals surface area contributed by atoms with Crippen LogP contribution in [0.1, 0.15) is 40.5 Å². The molecule has 4 rings (SSSR count). The number of benzene rings is 1. The first-order chi connectivity index (χ1) is 11.3. The number of nitrogens with zero attached hydrogens (tertiary/aromatic N) is 1. The van der Waals surface area contributed by atoms with Crippen molar-refractivity contribution in [2.45, 2.75) is 51.7 Å². The summed E-state index contributed by atoms with van der Waals surface area (Å²) in [5.41, 5.74) is 2.32. The predicted molar refractivity (Wildman–Crippen MR) is 96.9 cm³/mol. The third-order valence-electron chi connectivity index (χ3n) is 6.39. The Morgan fingerprint density at radius 1 is 0.875 bits per heavy atom. The molecule has 24 heavy (non-hydrogen) atoms. The van der Waals surface area contributed by atoms with E-state index in [9.17, 15) is 0 Å². The second kappa shape index (κ2) is 5.48. The van der Waals surface area contributed by atoms with Gasteiger partial charge in [-0.3, -0.25) is 0 Å². The summed E-state index contributed by atoms with van der Waals surface area (Å²) in [6.07, 6.45) is 2.41. The minimum Gasteiger partial charge on any atom is -0.399 e. The molecular weight excluding hydrogens is 301 g/mol. The maximum atomic E-state index is 6.13. The molecule has 4 nitrogen and oxygen atoms in total. The molecule has 0 aliphatic carbocycles. The van der Waals surface area contributed by atoms with Crippen molar-refractivity contribution in [2.24, 2.45) is 5.41 Å². The molecule has 1 aromatic rings. The third-order valence-corrected chi connectivity index (χ3v) is 6.39. The molecule has 3 aliphatic heterocycles. The van der Waals surface area contributed by atoms with Crippen molar-refractivity contribution >= 4 is 18.3 Å². The number of rotatable bonds is 2. The molecule has 5 heteroatoms. The van der Waals surface area contributed by atoms with Gasteiger partial charge in [-0.1, -0.05) is 12.1 Å². The van der Waals surface area contributed by atoms with Gasteiger partial charge in [0.15, 0.2) is 0 Å². The lowest BCUT2D eigenvalue weighted by molar-refractivity contribution is -0.000190. The lowest BCUT2D eigenvalue weighted by Gasteiger charge is -2.53. The second-order valence-corrected chi connectivity index (χ2v) is 8.65. The fourth-order valence-electron chi connectivity index (χ4n) is 3.89. The number of ether oxygens (including phenoxy) is 1. The fourth-order valence-corrected chi connectivity index (χ4v) is 3.89. The van der Waals surface area contributed by atoms with Crippen molar-refractivity contribution in [2.75, 3.05) is 31.2 Å². The second-order valence-electron chi connectivity index (χ2n) is 8.65. The molecule has 0 N–H and O–H groups in total. The molecule has 3 heterocycles. The van der Waals surface area contributed by atoms with Crippen molar-refractivity contribution in [3.05, 3.63) is 24.3 Å². The highest BCUT2D eigenvalue weighted by Crippen LogP contribution is 2.42. The molecule has 0 unspecified atom stereocenters. The Morgan fingerprint density at radius 3 is 1.96 bits per heavy atom. The molecule has 3 saturated heterocycles. The van der Waals surface area contributed by atoms with Crippen LogP contribution in [0.3, 0.4) is 0 Å². The zero-order valence-electron chi connectivity index (χ0n) is 15.3. The van der Waals surface area contributed by atoms with Crippen molar-refractivity contribution in [3.63, 3.8) is 0 Å².